The third-order valence-electron chi connectivity index (χ3n) is 2.46. The van der Waals surface area contributed by atoms with Crippen LogP contribution in [0.3, 0.4) is 0 Å². The molecule has 6 heteroatoms. The summed E-state index contributed by atoms with van der Waals surface area (Å²) in [6.45, 7) is 0.0206. The van der Waals surface area contributed by atoms with Crippen LogP contribution in [-0.2, 0) is 7.05 Å². The lowest BCUT2D eigenvalue weighted by Crippen LogP contribution is -2.26. The third-order valence-corrected chi connectivity index (χ3v) is 2.46. The first-order valence-electron chi connectivity index (χ1n) is 5.12. The number of aliphatic hydroxyl groups is 1. The number of carbonyl (C=O) groups is 1. The van der Waals surface area contributed by atoms with Gasteiger partial charge in [0.25, 0.3) is 5.91 Å². The number of hydrogen-bond acceptors (Lipinski definition) is 4. The summed E-state index contributed by atoms with van der Waals surface area (Å²) in [6.07, 6.45) is 0. The average Bonchev–Trinajstić information content (AvgIpc) is 2.62. The molecular formula is C11H12N2O4. The minimum atomic E-state index is -0.512. The number of aliphatic hydroxyl groups excluding tert-OH is 1. The van der Waals surface area contributed by atoms with Gasteiger partial charge < -0.3 is 14.8 Å². The van der Waals surface area contributed by atoms with Crippen molar-refractivity contribution in [1.82, 2.24) is 9.88 Å². The van der Waals surface area contributed by atoms with Gasteiger partial charge in [-0.05, 0) is 12.1 Å². The van der Waals surface area contributed by atoms with Crippen LogP contribution in [0.1, 0.15) is 10.4 Å². The smallest absolute Gasteiger partial charge is 0.407 e. The maximum atomic E-state index is 11.7. The van der Waals surface area contributed by atoms with E-state index in [0.717, 1.165) is 0 Å². The van der Waals surface area contributed by atoms with Gasteiger partial charge in [-0.15, -0.1) is 0 Å². The third kappa shape index (κ3) is 1.94. The van der Waals surface area contributed by atoms with Crippen LogP contribution in [0.2, 0.25) is 0 Å². The largest absolute Gasteiger partial charge is 0.419 e. The van der Waals surface area contributed by atoms with Crippen molar-refractivity contribution in [2.45, 2.75) is 0 Å². The zero-order valence-electron chi connectivity index (χ0n) is 9.27. The Morgan fingerprint density at radius 1 is 1.53 bits per heavy atom. The van der Waals surface area contributed by atoms with Crippen molar-refractivity contribution in [1.29, 1.82) is 0 Å². The number of nitrogens with zero attached hydrogens (tertiary/aromatic N) is 1. The number of rotatable bonds is 3. The standard InChI is InChI=1S/C11H12N2O4/c1-13-8-4-2-3-7(9(8)17-11(13)16)10(15)12-5-6-14/h2-4,14H,5-6H2,1H3,(H,12,15). The first-order valence-corrected chi connectivity index (χ1v) is 5.12. The molecule has 90 valence electrons. The summed E-state index contributed by atoms with van der Waals surface area (Å²) in [5, 5.41) is 11.1. The van der Waals surface area contributed by atoms with Crippen molar-refractivity contribution >= 4 is 17.0 Å². The average molecular weight is 236 g/mol. The summed E-state index contributed by atoms with van der Waals surface area (Å²) < 4.78 is 6.35. The number of hydrogen-bond donors (Lipinski definition) is 2. The molecule has 0 aliphatic rings. The maximum absolute atomic E-state index is 11.7. The molecule has 0 unspecified atom stereocenters. The van der Waals surface area contributed by atoms with Crippen molar-refractivity contribution in [3.63, 3.8) is 0 Å². The SMILES string of the molecule is Cn1c(=O)oc2c(C(=O)NCCO)cccc21. The highest BCUT2D eigenvalue weighted by atomic mass is 16.4. The molecule has 2 aromatic rings. The Balaban J connectivity index is 2.51. The van der Waals surface area contributed by atoms with Crippen molar-refractivity contribution in [3.8, 4) is 0 Å². The van der Waals surface area contributed by atoms with Gasteiger partial charge in [0.2, 0.25) is 0 Å². The van der Waals surface area contributed by atoms with E-state index in [9.17, 15) is 9.59 Å². The lowest BCUT2D eigenvalue weighted by Gasteiger charge is -2.03. The van der Waals surface area contributed by atoms with E-state index in [1.807, 2.05) is 0 Å². The van der Waals surface area contributed by atoms with E-state index in [2.05, 4.69) is 5.32 Å². The molecule has 0 atom stereocenters. The zero-order valence-corrected chi connectivity index (χ0v) is 9.27. The number of benzene rings is 1. The highest BCUT2D eigenvalue weighted by Gasteiger charge is 2.15. The second-order valence-corrected chi connectivity index (χ2v) is 3.56. The van der Waals surface area contributed by atoms with Gasteiger partial charge >= 0.3 is 5.76 Å². The first-order chi connectivity index (χ1) is 8.15. The van der Waals surface area contributed by atoms with E-state index < -0.39 is 5.76 Å². The first kappa shape index (κ1) is 11.4. The molecule has 1 aromatic heterocycles. The summed E-state index contributed by atoms with van der Waals surface area (Å²) in [5.41, 5.74) is 1.11. The summed E-state index contributed by atoms with van der Waals surface area (Å²) in [7, 11) is 1.57. The minimum absolute atomic E-state index is 0.138. The molecule has 0 fully saturated rings. The van der Waals surface area contributed by atoms with Crippen molar-refractivity contribution in [3.05, 3.63) is 34.3 Å². The number of carbonyl (C=O) groups excluding carboxylic acids is 1. The Labute approximate surface area is 96.5 Å². The van der Waals surface area contributed by atoms with E-state index >= 15 is 0 Å². The van der Waals surface area contributed by atoms with Crippen LogP contribution in [0.15, 0.2) is 27.4 Å². The fourth-order valence-electron chi connectivity index (χ4n) is 1.59. The van der Waals surface area contributed by atoms with Gasteiger partial charge in [0.1, 0.15) is 0 Å². The Morgan fingerprint density at radius 2 is 2.29 bits per heavy atom. The van der Waals surface area contributed by atoms with Gasteiger partial charge in [0.05, 0.1) is 17.7 Å². The molecule has 0 bridgehead atoms. The monoisotopic (exact) mass is 236 g/mol. The van der Waals surface area contributed by atoms with Crippen LogP contribution in [0.5, 0.6) is 0 Å². The lowest BCUT2D eigenvalue weighted by atomic mass is 10.2. The quantitative estimate of drug-likeness (QED) is 0.776. The van der Waals surface area contributed by atoms with Crippen LogP contribution in [0.4, 0.5) is 0 Å². The Morgan fingerprint density at radius 3 is 3.00 bits per heavy atom. The van der Waals surface area contributed by atoms with Gasteiger partial charge in [-0.25, -0.2) is 4.79 Å². The van der Waals surface area contributed by atoms with Gasteiger partial charge in [-0.1, -0.05) is 6.07 Å². The Kier molecular flexibility index (Phi) is 2.97. The van der Waals surface area contributed by atoms with Crippen LogP contribution < -0.4 is 11.1 Å². The predicted molar refractivity (Wildman–Crippen MR) is 60.9 cm³/mol. The van der Waals surface area contributed by atoms with Crippen LogP contribution in [0, 0.1) is 0 Å². The van der Waals surface area contributed by atoms with Crippen molar-refractivity contribution in [2.75, 3.05) is 13.2 Å². The number of aromatic nitrogens is 1. The predicted octanol–water partition coefficient (Wildman–Crippen LogP) is -0.146. The molecule has 1 heterocycles. The summed E-state index contributed by atoms with van der Waals surface area (Å²) in [5.74, 6) is -0.888. The molecule has 0 saturated carbocycles. The number of aryl methyl sites for hydroxylation is 1. The molecule has 1 aromatic carbocycles. The minimum Gasteiger partial charge on any atom is -0.407 e. The molecule has 0 aliphatic heterocycles. The summed E-state index contributed by atoms with van der Waals surface area (Å²) in [4.78, 5) is 23.1. The van der Waals surface area contributed by atoms with Crippen LogP contribution in [-0.4, -0.2) is 28.7 Å². The molecule has 6 nitrogen and oxygen atoms in total. The van der Waals surface area contributed by atoms with E-state index in [0.29, 0.717) is 5.52 Å². The van der Waals surface area contributed by atoms with Gasteiger partial charge in [0, 0.05) is 13.6 Å². The van der Waals surface area contributed by atoms with Gasteiger partial charge in [-0.3, -0.25) is 9.36 Å². The Bertz CT molecular complexity index is 611. The van der Waals surface area contributed by atoms with Crippen molar-refractivity contribution in [2.24, 2.45) is 7.05 Å². The summed E-state index contributed by atoms with van der Waals surface area (Å²) >= 11 is 0. The second-order valence-electron chi connectivity index (χ2n) is 3.56. The molecule has 2 N–H and O–H groups in total. The Hall–Kier alpha value is -2.08. The number of fused-ring (bicyclic) bond motifs is 1. The number of nitrogens with one attached hydrogen (secondary N) is 1. The van der Waals surface area contributed by atoms with E-state index in [-0.39, 0.29) is 30.2 Å². The molecule has 0 spiro atoms. The zero-order chi connectivity index (χ0) is 12.4. The van der Waals surface area contributed by atoms with Crippen molar-refractivity contribution < 1.29 is 14.3 Å². The topological polar surface area (TPSA) is 84.5 Å². The second kappa shape index (κ2) is 4.42. The summed E-state index contributed by atoms with van der Waals surface area (Å²) in [6, 6.07) is 4.94. The number of oxazole rings is 1. The van der Waals surface area contributed by atoms with E-state index in [1.165, 1.54) is 4.57 Å². The molecule has 0 aliphatic carbocycles. The highest BCUT2D eigenvalue weighted by Crippen LogP contribution is 2.16. The maximum Gasteiger partial charge on any atom is 0.419 e. The van der Waals surface area contributed by atoms with E-state index in [4.69, 9.17) is 9.52 Å². The molecule has 0 saturated heterocycles. The highest BCUT2D eigenvalue weighted by molar-refractivity contribution is 6.04. The molecule has 1 amide bonds. The fourth-order valence-corrected chi connectivity index (χ4v) is 1.59. The normalized spacial score (nSPS) is 10.7. The number of amides is 1. The van der Waals surface area contributed by atoms with E-state index in [1.54, 1.807) is 25.2 Å². The van der Waals surface area contributed by atoms with Crippen LogP contribution >= 0.6 is 0 Å². The molecular weight excluding hydrogens is 224 g/mol. The fraction of sp³-hybridized carbons (Fsp3) is 0.273. The lowest BCUT2D eigenvalue weighted by molar-refractivity contribution is 0.0945. The molecule has 17 heavy (non-hydrogen) atoms. The molecule has 2 rings (SSSR count). The van der Waals surface area contributed by atoms with Gasteiger partial charge in [0.15, 0.2) is 5.58 Å². The molecule has 0 radical (unpaired) electrons. The van der Waals surface area contributed by atoms with Crippen LogP contribution in [0.25, 0.3) is 11.1 Å². The number of para-hydroxylation sites is 1. The van der Waals surface area contributed by atoms with Gasteiger partial charge in [-0.2, -0.15) is 0 Å².